The van der Waals surface area contributed by atoms with Crippen molar-refractivity contribution in [3.8, 4) is 5.88 Å². The highest BCUT2D eigenvalue weighted by molar-refractivity contribution is 9.10. The van der Waals surface area contributed by atoms with Crippen LogP contribution in [0.25, 0.3) is 10.9 Å². The number of ether oxygens (including phenoxy) is 1. The normalized spacial score (nSPS) is 10.5. The first-order valence-corrected chi connectivity index (χ1v) is 7.81. The van der Waals surface area contributed by atoms with Gasteiger partial charge in [0.25, 0.3) is 5.91 Å². The Morgan fingerprint density at radius 1 is 1.22 bits per heavy atom. The van der Waals surface area contributed by atoms with Crippen molar-refractivity contribution in [2.75, 3.05) is 11.9 Å². The van der Waals surface area contributed by atoms with Gasteiger partial charge in [-0.3, -0.25) is 4.79 Å². The van der Waals surface area contributed by atoms with Gasteiger partial charge in [-0.25, -0.2) is 9.97 Å². The molecule has 0 aliphatic rings. The van der Waals surface area contributed by atoms with E-state index >= 15 is 0 Å². The highest BCUT2D eigenvalue weighted by Gasteiger charge is 2.08. The second-order valence-corrected chi connectivity index (χ2v) is 5.85. The molecule has 1 aromatic heterocycles. The summed E-state index contributed by atoms with van der Waals surface area (Å²) in [5.74, 6) is 0.159. The van der Waals surface area contributed by atoms with Gasteiger partial charge in [-0.1, -0.05) is 28.1 Å². The molecule has 5 nitrogen and oxygen atoms in total. The van der Waals surface area contributed by atoms with Crippen LogP contribution in [0.1, 0.15) is 5.56 Å². The lowest BCUT2D eigenvalue weighted by Crippen LogP contribution is -2.20. The number of aromatic nitrogens is 2. The molecule has 0 radical (unpaired) electrons. The lowest BCUT2D eigenvalue weighted by Gasteiger charge is -2.09. The van der Waals surface area contributed by atoms with Crippen molar-refractivity contribution in [3.63, 3.8) is 0 Å². The Morgan fingerprint density at radius 3 is 2.87 bits per heavy atom. The summed E-state index contributed by atoms with van der Waals surface area (Å²) in [6.07, 6.45) is 1.42. The van der Waals surface area contributed by atoms with Crippen molar-refractivity contribution in [3.05, 3.63) is 58.8 Å². The van der Waals surface area contributed by atoms with Gasteiger partial charge in [0.2, 0.25) is 5.88 Å². The smallest absolute Gasteiger partial charge is 0.262 e. The number of amides is 1. The van der Waals surface area contributed by atoms with Crippen LogP contribution in [0, 0.1) is 6.92 Å². The van der Waals surface area contributed by atoms with E-state index < -0.39 is 0 Å². The van der Waals surface area contributed by atoms with Gasteiger partial charge >= 0.3 is 0 Å². The Hall–Kier alpha value is -2.47. The zero-order valence-corrected chi connectivity index (χ0v) is 14.0. The summed E-state index contributed by atoms with van der Waals surface area (Å²) in [6, 6.07) is 13.1. The third-order valence-electron chi connectivity index (χ3n) is 3.29. The molecule has 0 aliphatic heterocycles. The van der Waals surface area contributed by atoms with E-state index in [9.17, 15) is 4.79 Å². The first kappa shape index (κ1) is 15.4. The first-order valence-electron chi connectivity index (χ1n) is 7.02. The summed E-state index contributed by atoms with van der Waals surface area (Å²) in [5, 5.41) is 3.58. The molecule has 0 atom stereocenters. The quantitative estimate of drug-likeness (QED) is 0.758. The number of carbonyl (C=O) groups excluding carboxylic acids is 1. The molecule has 0 bridgehead atoms. The number of carbonyl (C=O) groups is 1. The Balaban J connectivity index is 1.67. The third kappa shape index (κ3) is 3.65. The molecule has 3 rings (SSSR count). The molecule has 0 saturated heterocycles. The standard InChI is InChI=1S/C17H14BrN3O2/c1-11-8-12(6-7-14(11)18)21-16(22)9-23-17-13-4-2-3-5-15(13)19-10-20-17/h2-8,10H,9H2,1H3,(H,21,22). The van der Waals surface area contributed by atoms with E-state index in [4.69, 9.17) is 4.74 Å². The summed E-state index contributed by atoms with van der Waals surface area (Å²) in [6.45, 7) is 1.85. The van der Waals surface area contributed by atoms with E-state index in [1.807, 2.05) is 49.4 Å². The van der Waals surface area contributed by atoms with E-state index in [0.29, 0.717) is 5.88 Å². The van der Waals surface area contributed by atoms with Crippen LogP contribution >= 0.6 is 15.9 Å². The summed E-state index contributed by atoms with van der Waals surface area (Å²) in [4.78, 5) is 20.3. The van der Waals surface area contributed by atoms with Gasteiger partial charge in [0.05, 0.1) is 10.9 Å². The second kappa shape index (κ2) is 6.75. The molecule has 2 aromatic carbocycles. The highest BCUT2D eigenvalue weighted by Crippen LogP contribution is 2.21. The Bertz CT molecular complexity index is 862. The predicted octanol–water partition coefficient (Wildman–Crippen LogP) is 3.72. The van der Waals surface area contributed by atoms with Gasteiger partial charge in [0.15, 0.2) is 6.61 Å². The van der Waals surface area contributed by atoms with E-state index in [2.05, 4.69) is 31.2 Å². The fraction of sp³-hybridized carbons (Fsp3) is 0.118. The Kier molecular flexibility index (Phi) is 4.52. The fourth-order valence-electron chi connectivity index (χ4n) is 2.15. The molecule has 0 fully saturated rings. The monoisotopic (exact) mass is 371 g/mol. The molecule has 0 unspecified atom stereocenters. The number of halogens is 1. The van der Waals surface area contributed by atoms with Crippen LogP contribution in [-0.2, 0) is 4.79 Å². The summed E-state index contributed by atoms with van der Waals surface area (Å²) >= 11 is 3.43. The molecule has 1 N–H and O–H groups in total. The average Bonchev–Trinajstić information content (AvgIpc) is 2.56. The predicted molar refractivity (Wildman–Crippen MR) is 92.5 cm³/mol. The third-order valence-corrected chi connectivity index (χ3v) is 4.18. The molecule has 1 amide bonds. The minimum Gasteiger partial charge on any atom is -0.467 e. The number of rotatable bonds is 4. The number of hydrogen-bond donors (Lipinski definition) is 1. The van der Waals surface area contributed by atoms with E-state index in [1.165, 1.54) is 6.33 Å². The van der Waals surface area contributed by atoms with E-state index in [0.717, 1.165) is 26.6 Å². The van der Waals surface area contributed by atoms with Crippen LogP contribution in [0.15, 0.2) is 53.3 Å². The number of benzene rings is 2. The van der Waals surface area contributed by atoms with E-state index in [1.54, 1.807) is 0 Å². The number of para-hydroxylation sites is 1. The van der Waals surface area contributed by atoms with Crippen LogP contribution in [0.5, 0.6) is 5.88 Å². The molecule has 0 spiro atoms. The van der Waals surface area contributed by atoms with Crippen molar-refractivity contribution in [2.24, 2.45) is 0 Å². The molecule has 0 aliphatic carbocycles. The molecular weight excluding hydrogens is 358 g/mol. The minimum atomic E-state index is -0.241. The van der Waals surface area contributed by atoms with Crippen LogP contribution < -0.4 is 10.1 Å². The van der Waals surface area contributed by atoms with E-state index in [-0.39, 0.29) is 12.5 Å². The summed E-state index contributed by atoms with van der Waals surface area (Å²) in [7, 11) is 0. The number of nitrogens with one attached hydrogen (secondary N) is 1. The number of nitrogens with zero attached hydrogens (tertiary/aromatic N) is 2. The molecule has 0 saturated carbocycles. The van der Waals surface area contributed by atoms with Crippen LogP contribution in [0.4, 0.5) is 5.69 Å². The van der Waals surface area contributed by atoms with Crippen molar-refractivity contribution in [1.29, 1.82) is 0 Å². The number of hydrogen-bond acceptors (Lipinski definition) is 4. The SMILES string of the molecule is Cc1cc(NC(=O)COc2ncnc3ccccc23)ccc1Br. The van der Waals surface area contributed by atoms with Crippen molar-refractivity contribution >= 4 is 38.4 Å². The van der Waals surface area contributed by atoms with Gasteiger partial charge < -0.3 is 10.1 Å². The van der Waals surface area contributed by atoms with Crippen LogP contribution in [-0.4, -0.2) is 22.5 Å². The molecule has 6 heteroatoms. The maximum Gasteiger partial charge on any atom is 0.262 e. The number of fused-ring (bicyclic) bond motifs is 1. The molecular formula is C17H14BrN3O2. The topological polar surface area (TPSA) is 64.1 Å². The molecule has 23 heavy (non-hydrogen) atoms. The maximum absolute atomic E-state index is 12.0. The Morgan fingerprint density at radius 2 is 2.04 bits per heavy atom. The van der Waals surface area contributed by atoms with Gasteiger partial charge in [-0.2, -0.15) is 0 Å². The highest BCUT2D eigenvalue weighted by atomic mass is 79.9. The number of anilines is 1. The molecule has 116 valence electrons. The lowest BCUT2D eigenvalue weighted by atomic mass is 10.2. The van der Waals surface area contributed by atoms with Crippen molar-refractivity contribution < 1.29 is 9.53 Å². The molecule has 1 heterocycles. The second-order valence-electron chi connectivity index (χ2n) is 5.00. The molecule has 3 aromatic rings. The van der Waals surface area contributed by atoms with Crippen LogP contribution in [0.2, 0.25) is 0 Å². The summed E-state index contributed by atoms with van der Waals surface area (Å²) in [5.41, 5.74) is 2.55. The largest absolute Gasteiger partial charge is 0.467 e. The van der Waals surface area contributed by atoms with Crippen LogP contribution in [0.3, 0.4) is 0 Å². The lowest BCUT2D eigenvalue weighted by molar-refractivity contribution is -0.118. The minimum absolute atomic E-state index is 0.115. The van der Waals surface area contributed by atoms with Gasteiger partial charge in [0, 0.05) is 10.2 Å². The summed E-state index contributed by atoms with van der Waals surface area (Å²) < 4.78 is 6.53. The van der Waals surface area contributed by atoms with Crippen molar-refractivity contribution in [1.82, 2.24) is 9.97 Å². The maximum atomic E-state index is 12.0. The first-order chi connectivity index (χ1) is 11.1. The average molecular weight is 372 g/mol. The number of aryl methyl sites for hydroxylation is 1. The van der Waals surface area contributed by atoms with Gasteiger partial charge in [-0.05, 0) is 42.8 Å². The van der Waals surface area contributed by atoms with Gasteiger partial charge in [0.1, 0.15) is 6.33 Å². The van der Waals surface area contributed by atoms with Crippen molar-refractivity contribution in [2.45, 2.75) is 6.92 Å². The fourth-order valence-corrected chi connectivity index (χ4v) is 2.40. The zero-order chi connectivity index (χ0) is 16.2. The zero-order valence-electron chi connectivity index (χ0n) is 12.4. The Labute approximate surface area is 141 Å². The van der Waals surface area contributed by atoms with Gasteiger partial charge in [-0.15, -0.1) is 0 Å².